The fraction of sp³-hybridized carbons (Fsp3) is 0.400. The van der Waals surface area contributed by atoms with E-state index in [9.17, 15) is 0 Å². The van der Waals surface area contributed by atoms with E-state index < -0.39 is 0 Å². The SMILES string of the molecule is Cc1nc(C)c(Cn2cc(-c3cc(CN(C)C)cs3)nn2)s1. The van der Waals surface area contributed by atoms with Gasteiger partial charge in [0.05, 0.1) is 28.3 Å². The first-order valence-corrected chi connectivity index (χ1v) is 8.76. The molecular formula is C15H19N5S2. The Morgan fingerprint density at radius 2 is 2.09 bits per heavy atom. The lowest BCUT2D eigenvalue weighted by atomic mass is 10.2. The molecule has 0 unspecified atom stereocenters. The summed E-state index contributed by atoms with van der Waals surface area (Å²) < 4.78 is 1.89. The predicted octanol–water partition coefficient (Wildman–Crippen LogP) is 3.19. The highest BCUT2D eigenvalue weighted by Gasteiger charge is 2.10. The van der Waals surface area contributed by atoms with Crippen LogP contribution in [-0.2, 0) is 13.1 Å². The predicted molar refractivity (Wildman–Crippen MR) is 91.4 cm³/mol. The Morgan fingerprint density at radius 3 is 2.77 bits per heavy atom. The zero-order valence-corrected chi connectivity index (χ0v) is 14.8. The van der Waals surface area contributed by atoms with E-state index in [0.29, 0.717) is 0 Å². The molecule has 0 saturated heterocycles. The van der Waals surface area contributed by atoms with E-state index in [1.54, 1.807) is 22.7 Å². The van der Waals surface area contributed by atoms with Gasteiger partial charge in [0.25, 0.3) is 0 Å². The van der Waals surface area contributed by atoms with Crippen molar-refractivity contribution >= 4 is 22.7 Å². The van der Waals surface area contributed by atoms with Gasteiger partial charge < -0.3 is 4.90 Å². The van der Waals surface area contributed by atoms with Crippen LogP contribution in [0.3, 0.4) is 0 Å². The number of aryl methyl sites for hydroxylation is 2. The number of nitrogens with zero attached hydrogens (tertiary/aromatic N) is 5. The maximum absolute atomic E-state index is 4.46. The molecule has 0 amide bonds. The van der Waals surface area contributed by atoms with Crippen LogP contribution in [0.15, 0.2) is 17.6 Å². The lowest BCUT2D eigenvalue weighted by molar-refractivity contribution is 0.403. The molecule has 0 radical (unpaired) electrons. The molecule has 0 bridgehead atoms. The highest BCUT2D eigenvalue weighted by atomic mass is 32.1. The Bertz CT molecular complexity index is 769. The summed E-state index contributed by atoms with van der Waals surface area (Å²) in [5.41, 5.74) is 3.34. The number of thiazole rings is 1. The summed E-state index contributed by atoms with van der Waals surface area (Å²) in [5.74, 6) is 0. The van der Waals surface area contributed by atoms with E-state index in [0.717, 1.165) is 29.5 Å². The molecule has 3 aromatic rings. The fourth-order valence-corrected chi connectivity index (χ4v) is 4.10. The summed E-state index contributed by atoms with van der Waals surface area (Å²) in [6, 6.07) is 2.20. The summed E-state index contributed by atoms with van der Waals surface area (Å²) in [6.45, 7) is 5.76. The minimum absolute atomic E-state index is 0.736. The minimum atomic E-state index is 0.736. The van der Waals surface area contributed by atoms with Crippen molar-refractivity contribution in [3.05, 3.63) is 38.8 Å². The molecule has 0 spiro atoms. The molecule has 3 rings (SSSR count). The van der Waals surface area contributed by atoms with E-state index in [-0.39, 0.29) is 0 Å². The molecule has 0 aliphatic carbocycles. The molecule has 0 saturated carbocycles. The molecule has 0 N–H and O–H groups in total. The van der Waals surface area contributed by atoms with Crippen molar-refractivity contribution in [2.75, 3.05) is 14.1 Å². The van der Waals surface area contributed by atoms with Crippen molar-refractivity contribution in [3.8, 4) is 10.6 Å². The fourth-order valence-electron chi connectivity index (χ4n) is 2.31. The molecule has 0 fully saturated rings. The molecule has 5 nitrogen and oxygen atoms in total. The van der Waals surface area contributed by atoms with Crippen LogP contribution < -0.4 is 0 Å². The average molecular weight is 333 g/mol. The molecule has 0 atom stereocenters. The molecule has 7 heteroatoms. The third-order valence-corrected chi connectivity index (χ3v) is 5.31. The lowest BCUT2D eigenvalue weighted by Crippen LogP contribution is -2.09. The Labute approximate surface area is 138 Å². The number of aromatic nitrogens is 4. The summed E-state index contributed by atoms with van der Waals surface area (Å²) in [6.07, 6.45) is 2.01. The van der Waals surface area contributed by atoms with E-state index >= 15 is 0 Å². The van der Waals surface area contributed by atoms with Crippen molar-refractivity contribution < 1.29 is 0 Å². The van der Waals surface area contributed by atoms with E-state index in [1.165, 1.54) is 15.3 Å². The van der Waals surface area contributed by atoms with E-state index in [2.05, 4.69) is 45.7 Å². The molecule has 3 heterocycles. The summed E-state index contributed by atoms with van der Waals surface area (Å²) in [7, 11) is 4.15. The average Bonchev–Trinajstić information content (AvgIpc) is 3.11. The third kappa shape index (κ3) is 3.43. The second kappa shape index (κ2) is 6.28. The Kier molecular flexibility index (Phi) is 4.37. The Balaban J connectivity index is 1.76. The summed E-state index contributed by atoms with van der Waals surface area (Å²) in [4.78, 5) is 9.03. The summed E-state index contributed by atoms with van der Waals surface area (Å²) >= 11 is 3.44. The van der Waals surface area contributed by atoms with Gasteiger partial charge in [-0.25, -0.2) is 9.67 Å². The molecule has 0 aromatic carbocycles. The van der Waals surface area contributed by atoms with Crippen LogP contribution in [0.2, 0.25) is 0 Å². The lowest BCUT2D eigenvalue weighted by Gasteiger charge is -2.06. The van der Waals surface area contributed by atoms with Gasteiger partial charge in [-0.3, -0.25) is 0 Å². The molecule has 0 aliphatic heterocycles. The second-order valence-corrected chi connectivity index (χ2v) is 7.80. The van der Waals surface area contributed by atoms with E-state index in [1.807, 2.05) is 24.7 Å². The van der Waals surface area contributed by atoms with Gasteiger partial charge in [0.2, 0.25) is 0 Å². The molecule has 22 heavy (non-hydrogen) atoms. The van der Waals surface area contributed by atoms with Gasteiger partial charge in [-0.05, 0) is 45.0 Å². The van der Waals surface area contributed by atoms with Gasteiger partial charge in [0, 0.05) is 11.4 Å². The minimum Gasteiger partial charge on any atom is -0.305 e. The smallest absolute Gasteiger partial charge is 0.123 e. The normalized spacial score (nSPS) is 11.5. The number of thiophene rings is 1. The Hall–Kier alpha value is -1.57. The van der Waals surface area contributed by atoms with Crippen molar-refractivity contribution in [3.63, 3.8) is 0 Å². The molecular weight excluding hydrogens is 314 g/mol. The van der Waals surface area contributed by atoms with Crippen molar-refractivity contribution in [1.82, 2.24) is 24.9 Å². The monoisotopic (exact) mass is 333 g/mol. The third-order valence-electron chi connectivity index (χ3n) is 3.25. The topological polar surface area (TPSA) is 46.8 Å². The van der Waals surface area contributed by atoms with Gasteiger partial charge in [-0.1, -0.05) is 5.21 Å². The zero-order chi connectivity index (χ0) is 15.7. The highest BCUT2D eigenvalue weighted by Crippen LogP contribution is 2.26. The van der Waals surface area contributed by atoms with Gasteiger partial charge in [0.1, 0.15) is 5.69 Å². The first-order chi connectivity index (χ1) is 10.5. The van der Waals surface area contributed by atoms with Gasteiger partial charge in [-0.15, -0.1) is 27.8 Å². The number of hydrogen-bond donors (Lipinski definition) is 0. The van der Waals surface area contributed by atoms with Crippen LogP contribution in [0.25, 0.3) is 10.6 Å². The van der Waals surface area contributed by atoms with Gasteiger partial charge in [-0.2, -0.15) is 0 Å². The van der Waals surface area contributed by atoms with Crippen LogP contribution in [-0.4, -0.2) is 39.0 Å². The van der Waals surface area contributed by atoms with Crippen LogP contribution in [0.4, 0.5) is 0 Å². The second-order valence-electron chi connectivity index (χ2n) is 5.60. The van der Waals surface area contributed by atoms with Crippen LogP contribution in [0.1, 0.15) is 21.1 Å². The number of hydrogen-bond acceptors (Lipinski definition) is 6. The largest absolute Gasteiger partial charge is 0.305 e. The first kappa shape index (κ1) is 15.3. The van der Waals surface area contributed by atoms with Gasteiger partial charge in [0.15, 0.2) is 0 Å². The standard InChI is InChI=1S/C15H19N5S2/c1-10-15(22-11(2)16-10)8-20-7-13(17-18-20)14-5-12(9-21-14)6-19(3)4/h5,7,9H,6,8H2,1-4H3. The molecule has 3 aromatic heterocycles. The molecule has 116 valence electrons. The van der Waals surface area contributed by atoms with Gasteiger partial charge >= 0.3 is 0 Å². The first-order valence-electron chi connectivity index (χ1n) is 7.07. The van der Waals surface area contributed by atoms with Crippen molar-refractivity contribution in [2.45, 2.75) is 26.9 Å². The van der Waals surface area contributed by atoms with E-state index in [4.69, 9.17) is 0 Å². The summed E-state index contributed by atoms with van der Waals surface area (Å²) in [5, 5.41) is 11.8. The van der Waals surface area contributed by atoms with Crippen LogP contribution in [0.5, 0.6) is 0 Å². The van der Waals surface area contributed by atoms with Crippen LogP contribution in [0, 0.1) is 13.8 Å². The molecule has 0 aliphatic rings. The maximum atomic E-state index is 4.46. The van der Waals surface area contributed by atoms with Crippen LogP contribution >= 0.6 is 22.7 Å². The highest BCUT2D eigenvalue weighted by molar-refractivity contribution is 7.13. The zero-order valence-electron chi connectivity index (χ0n) is 13.2. The quantitative estimate of drug-likeness (QED) is 0.719. The van der Waals surface area contributed by atoms with Crippen molar-refractivity contribution in [2.24, 2.45) is 0 Å². The number of rotatable bonds is 5. The van der Waals surface area contributed by atoms with Crippen molar-refractivity contribution in [1.29, 1.82) is 0 Å². The Morgan fingerprint density at radius 1 is 1.27 bits per heavy atom. The maximum Gasteiger partial charge on any atom is 0.123 e.